The number of rotatable bonds is 5. The number of carbonyl (C=O) groups is 1. The van der Waals surface area contributed by atoms with Crippen molar-refractivity contribution in [1.29, 1.82) is 0 Å². The predicted molar refractivity (Wildman–Crippen MR) is 111 cm³/mol. The van der Waals surface area contributed by atoms with E-state index in [0.717, 1.165) is 4.90 Å². The van der Waals surface area contributed by atoms with Crippen LogP contribution in [-0.2, 0) is 10.2 Å². The Labute approximate surface area is 168 Å². The number of primary amides is 1. The fourth-order valence-corrected chi connectivity index (χ4v) is 3.90. The first-order chi connectivity index (χ1) is 13.5. The van der Waals surface area contributed by atoms with Crippen molar-refractivity contribution in [2.24, 2.45) is 5.73 Å². The molecule has 0 atom stereocenters. The van der Waals surface area contributed by atoms with Crippen molar-refractivity contribution in [3.8, 4) is 0 Å². The fraction of sp³-hybridized carbons (Fsp3) is 0.174. The van der Waals surface area contributed by atoms with Crippen LogP contribution in [0.4, 0.5) is 8.78 Å². The summed E-state index contributed by atoms with van der Waals surface area (Å²) in [6.07, 6.45) is 1.90. The molecule has 0 saturated heterocycles. The van der Waals surface area contributed by atoms with Crippen LogP contribution in [0.5, 0.6) is 0 Å². The van der Waals surface area contributed by atoms with Gasteiger partial charge in [-0.25, -0.2) is 8.78 Å². The Morgan fingerprint density at radius 2 is 1.25 bits per heavy atom. The number of amides is 1. The molecular weight excluding hydrogens is 376 g/mol. The average Bonchev–Trinajstić information content (AvgIpc) is 2.72. The summed E-state index contributed by atoms with van der Waals surface area (Å²) >= 11 is 1.48. The molecule has 2 nitrogen and oxygen atoms in total. The zero-order chi connectivity index (χ0) is 20.7. The largest absolute Gasteiger partial charge is 0.368 e. The van der Waals surface area contributed by atoms with E-state index < -0.39 is 23.0 Å². The summed E-state index contributed by atoms with van der Waals surface area (Å²) < 4.78 is 27.0. The molecule has 0 radical (unpaired) electrons. The normalized spacial score (nSPS) is 10.8. The molecule has 0 unspecified atom stereocenters. The molecule has 0 saturated carbocycles. The van der Waals surface area contributed by atoms with Crippen LogP contribution in [0.3, 0.4) is 0 Å². The third-order valence-corrected chi connectivity index (χ3v) is 5.23. The van der Waals surface area contributed by atoms with Gasteiger partial charge in [0.1, 0.15) is 17.0 Å². The van der Waals surface area contributed by atoms with Gasteiger partial charge in [0.25, 0.3) is 0 Å². The second-order valence-corrected chi connectivity index (χ2v) is 6.68. The van der Waals surface area contributed by atoms with E-state index in [0.29, 0.717) is 16.7 Å². The van der Waals surface area contributed by atoms with Gasteiger partial charge >= 0.3 is 0 Å². The van der Waals surface area contributed by atoms with Gasteiger partial charge in [0.05, 0.1) is 0 Å². The van der Waals surface area contributed by atoms with Crippen molar-refractivity contribution in [3.63, 3.8) is 0 Å². The summed E-state index contributed by atoms with van der Waals surface area (Å²) in [5.41, 5.74) is 6.31. The molecule has 0 aromatic heterocycles. The van der Waals surface area contributed by atoms with Crippen molar-refractivity contribution in [2.75, 3.05) is 6.26 Å². The first-order valence-corrected chi connectivity index (χ1v) is 10.2. The van der Waals surface area contributed by atoms with E-state index in [9.17, 15) is 13.6 Å². The molecular formula is C23H23F2NOS. The van der Waals surface area contributed by atoms with Crippen LogP contribution in [0.1, 0.15) is 30.5 Å². The van der Waals surface area contributed by atoms with Crippen molar-refractivity contribution in [3.05, 3.63) is 101 Å². The van der Waals surface area contributed by atoms with Crippen LogP contribution in [-0.4, -0.2) is 12.2 Å². The molecule has 5 heteroatoms. The highest BCUT2D eigenvalue weighted by molar-refractivity contribution is 7.98. The first-order valence-electron chi connectivity index (χ1n) is 8.95. The van der Waals surface area contributed by atoms with Crippen LogP contribution in [0, 0.1) is 11.6 Å². The molecule has 0 bridgehead atoms. The lowest BCUT2D eigenvalue weighted by Gasteiger charge is -2.34. The maximum absolute atomic E-state index is 13.5. The molecule has 0 aliphatic carbocycles. The average molecular weight is 400 g/mol. The zero-order valence-corrected chi connectivity index (χ0v) is 16.9. The minimum absolute atomic E-state index is 0.413. The van der Waals surface area contributed by atoms with Gasteiger partial charge in [0.15, 0.2) is 0 Å². The van der Waals surface area contributed by atoms with Crippen molar-refractivity contribution in [2.45, 2.75) is 24.2 Å². The summed E-state index contributed by atoms with van der Waals surface area (Å²) in [5.74, 6) is -1.44. The summed E-state index contributed by atoms with van der Waals surface area (Å²) in [5, 5.41) is 0. The highest BCUT2D eigenvalue weighted by Crippen LogP contribution is 2.43. The standard InChI is InChI=1S/C21H17F2NOS.C2H6/c1-26-19-5-3-2-4-18(19)21(20(24)25,14-6-10-16(22)11-7-14)15-8-12-17(23)13-9-15;1-2/h2-13H,1H3,(H2,24,25);1-2H3. The number of nitrogens with two attached hydrogens (primary N) is 1. The maximum atomic E-state index is 13.5. The van der Waals surface area contributed by atoms with Gasteiger partial charge in [-0.15, -0.1) is 11.8 Å². The Balaban J connectivity index is 0.00000136. The molecule has 0 spiro atoms. The summed E-state index contributed by atoms with van der Waals surface area (Å²) in [6.45, 7) is 4.00. The Morgan fingerprint density at radius 3 is 1.64 bits per heavy atom. The number of hydrogen-bond donors (Lipinski definition) is 1. The molecule has 3 aromatic carbocycles. The monoisotopic (exact) mass is 399 g/mol. The van der Waals surface area contributed by atoms with Crippen LogP contribution in [0.2, 0.25) is 0 Å². The molecule has 0 heterocycles. The van der Waals surface area contributed by atoms with Gasteiger partial charge in [0, 0.05) is 4.90 Å². The van der Waals surface area contributed by atoms with E-state index in [1.807, 2.05) is 44.4 Å². The first kappa shape index (κ1) is 21.6. The predicted octanol–water partition coefficient (Wildman–Crippen LogP) is 5.53. The Hall–Kier alpha value is -2.66. The minimum Gasteiger partial charge on any atom is -0.368 e. The Morgan fingerprint density at radius 1 is 0.821 bits per heavy atom. The lowest BCUT2D eigenvalue weighted by molar-refractivity contribution is -0.121. The minimum atomic E-state index is -1.36. The van der Waals surface area contributed by atoms with Crippen LogP contribution >= 0.6 is 11.8 Å². The van der Waals surface area contributed by atoms with Gasteiger partial charge in [-0.2, -0.15) is 0 Å². The SMILES string of the molecule is CC.CSc1ccccc1C(C(N)=O)(c1ccc(F)cc1)c1ccc(F)cc1. The number of thioether (sulfide) groups is 1. The lowest BCUT2D eigenvalue weighted by atomic mass is 9.69. The third-order valence-electron chi connectivity index (χ3n) is 4.44. The molecule has 1 amide bonds. The van der Waals surface area contributed by atoms with Crippen LogP contribution in [0.15, 0.2) is 77.7 Å². The van der Waals surface area contributed by atoms with Gasteiger partial charge in [-0.05, 0) is 53.3 Å². The Kier molecular flexibility index (Phi) is 7.35. The highest BCUT2D eigenvalue weighted by Gasteiger charge is 2.43. The molecule has 2 N–H and O–H groups in total. The summed E-state index contributed by atoms with van der Waals surface area (Å²) in [6, 6.07) is 18.7. The van der Waals surface area contributed by atoms with Crippen LogP contribution < -0.4 is 5.73 Å². The van der Waals surface area contributed by atoms with E-state index in [2.05, 4.69) is 0 Å². The summed E-state index contributed by atoms with van der Waals surface area (Å²) in [7, 11) is 0. The molecule has 0 aliphatic heterocycles. The fourth-order valence-electron chi connectivity index (χ4n) is 3.25. The zero-order valence-electron chi connectivity index (χ0n) is 16.1. The van der Waals surface area contributed by atoms with Crippen LogP contribution in [0.25, 0.3) is 0 Å². The molecule has 0 fully saturated rings. The second kappa shape index (κ2) is 9.51. The molecule has 28 heavy (non-hydrogen) atoms. The molecule has 3 aromatic rings. The number of hydrogen-bond acceptors (Lipinski definition) is 2. The van der Waals surface area contributed by atoms with Crippen molar-refractivity contribution >= 4 is 17.7 Å². The number of carbonyl (C=O) groups excluding carboxylic acids is 1. The lowest BCUT2D eigenvalue weighted by Crippen LogP contribution is -2.43. The molecule has 3 rings (SSSR count). The number of halogens is 2. The second-order valence-electron chi connectivity index (χ2n) is 5.83. The third kappa shape index (κ3) is 3.94. The molecule has 0 aliphatic rings. The summed E-state index contributed by atoms with van der Waals surface area (Å²) in [4.78, 5) is 13.7. The van der Waals surface area contributed by atoms with E-state index in [-0.39, 0.29) is 0 Å². The highest BCUT2D eigenvalue weighted by atomic mass is 32.2. The smallest absolute Gasteiger partial charge is 0.237 e. The maximum Gasteiger partial charge on any atom is 0.237 e. The van der Waals surface area contributed by atoms with Gasteiger partial charge in [-0.1, -0.05) is 56.3 Å². The van der Waals surface area contributed by atoms with E-state index in [1.165, 1.54) is 36.0 Å². The Bertz CT molecular complexity index is 879. The quantitative estimate of drug-likeness (QED) is 0.453. The van der Waals surface area contributed by atoms with Gasteiger partial charge in [0.2, 0.25) is 5.91 Å². The van der Waals surface area contributed by atoms with Gasteiger partial charge in [-0.3, -0.25) is 4.79 Å². The van der Waals surface area contributed by atoms with Crippen molar-refractivity contribution < 1.29 is 13.6 Å². The number of benzene rings is 3. The topological polar surface area (TPSA) is 43.1 Å². The van der Waals surface area contributed by atoms with Gasteiger partial charge < -0.3 is 5.73 Å². The van der Waals surface area contributed by atoms with E-state index in [4.69, 9.17) is 5.73 Å². The van der Waals surface area contributed by atoms with Crippen molar-refractivity contribution in [1.82, 2.24) is 0 Å². The van der Waals surface area contributed by atoms with E-state index >= 15 is 0 Å². The molecule has 146 valence electrons. The van der Waals surface area contributed by atoms with E-state index in [1.54, 1.807) is 24.3 Å².